The molecule has 0 aromatic heterocycles. The fraction of sp³-hybridized carbons (Fsp3) is 0.167. The summed E-state index contributed by atoms with van der Waals surface area (Å²) in [6, 6.07) is 11.8. The van der Waals surface area contributed by atoms with Crippen molar-refractivity contribution < 1.29 is 54.3 Å². The molecule has 3 rings (SSSR count). The van der Waals surface area contributed by atoms with E-state index in [2.05, 4.69) is 6.58 Å². The molecule has 1 atom stereocenters. The predicted molar refractivity (Wildman–Crippen MR) is 128 cm³/mol. The zero-order valence-corrected chi connectivity index (χ0v) is 19.2. The van der Waals surface area contributed by atoms with Crippen LogP contribution < -0.4 is 10.6 Å². The lowest BCUT2D eigenvalue weighted by Crippen LogP contribution is -2.25. The van der Waals surface area contributed by atoms with E-state index in [1.54, 1.807) is 12.1 Å². The number of aliphatic carboxylic acids is 3. The molecule has 0 spiro atoms. The van der Waals surface area contributed by atoms with E-state index >= 15 is 0 Å². The van der Waals surface area contributed by atoms with Crippen molar-refractivity contribution in [1.29, 1.82) is 0 Å². The summed E-state index contributed by atoms with van der Waals surface area (Å²) in [5.41, 5.74) is 6.51. The van der Waals surface area contributed by atoms with Crippen LogP contribution in [-0.4, -0.2) is 67.8 Å². The Bertz CT molecular complexity index is 1190. The van der Waals surface area contributed by atoms with Crippen LogP contribution in [0.2, 0.25) is 0 Å². The van der Waals surface area contributed by atoms with Crippen LogP contribution in [0.15, 0.2) is 60.7 Å². The Morgan fingerprint density at radius 2 is 1.30 bits per heavy atom. The van der Waals surface area contributed by atoms with Crippen molar-refractivity contribution in [3.8, 4) is 0 Å². The number of aromatic carboxylic acids is 2. The Hall–Kier alpha value is -5.20. The van der Waals surface area contributed by atoms with Gasteiger partial charge >= 0.3 is 29.8 Å². The van der Waals surface area contributed by atoms with E-state index in [1.807, 2.05) is 0 Å². The van der Waals surface area contributed by atoms with Gasteiger partial charge in [0.2, 0.25) is 5.91 Å². The van der Waals surface area contributed by atoms with Crippen molar-refractivity contribution in [3.05, 3.63) is 71.8 Å². The fourth-order valence-electron chi connectivity index (χ4n) is 2.79. The molecule has 13 heteroatoms. The van der Waals surface area contributed by atoms with Crippen molar-refractivity contribution in [2.75, 3.05) is 17.2 Å². The van der Waals surface area contributed by atoms with Gasteiger partial charge in [-0.2, -0.15) is 0 Å². The second-order valence-electron chi connectivity index (χ2n) is 7.50. The van der Waals surface area contributed by atoms with E-state index in [4.69, 9.17) is 31.3 Å². The maximum atomic E-state index is 11.7. The van der Waals surface area contributed by atoms with E-state index in [9.17, 15) is 28.8 Å². The molecule has 2 aromatic rings. The summed E-state index contributed by atoms with van der Waals surface area (Å²) in [6.07, 6.45) is -0.522. The minimum absolute atomic E-state index is 0.0178. The fourth-order valence-corrected chi connectivity index (χ4v) is 2.79. The van der Waals surface area contributed by atoms with Crippen LogP contribution in [0.4, 0.5) is 11.4 Å². The van der Waals surface area contributed by atoms with Crippen LogP contribution in [0.5, 0.6) is 0 Å². The standard InChI is InChI=1S/C12H11NO5.C7H7NO2.C5H6O4/c14-10-5-8(12(17)18)6-13(10)9-3-1-7(2-4-9)11(15)16;8-6-3-1-5(2-4-6)7(9)10;1-3(5(8)9)2-4(6)7/h1-4,8H,5-6H2,(H,15,16)(H,17,18);1-4H,8H2,(H,9,10);1-2H2,(H,6,7)(H,8,9). The smallest absolute Gasteiger partial charge is 0.335 e. The topological polar surface area (TPSA) is 233 Å². The van der Waals surface area contributed by atoms with E-state index in [1.165, 1.54) is 41.3 Å². The first-order valence-electron chi connectivity index (χ1n) is 10.3. The molecule has 1 aliphatic heterocycles. The Morgan fingerprint density at radius 1 is 0.838 bits per heavy atom. The van der Waals surface area contributed by atoms with Gasteiger partial charge in [0.25, 0.3) is 0 Å². The number of carbonyl (C=O) groups is 6. The zero-order chi connectivity index (χ0) is 28.3. The molecule has 2 aromatic carbocycles. The lowest BCUT2D eigenvalue weighted by molar-refractivity contribution is -0.141. The molecular weight excluding hydrogens is 492 g/mol. The lowest BCUT2D eigenvalue weighted by Gasteiger charge is -2.16. The summed E-state index contributed by atoms with van der Waals surface area (Å²) in [4.78, 5) is 64.4. The normalized spacial score (nSPS) is 13.8. The summed E-state index contributed by atoms with van der Waals surface area (Å²) in [5.74, 6) is -6.37. The molecule has 0 aliphatic carbocycles. The first-order valence-corrected chi connectivity index (χ1v) is 10.3. The van der Waals surface area contributed by atoms with Gasteiger partial charge in [0.15, 0.2) is 0 Å². The second kappa shape index (κ2) is 13.6. The quantitative estimate of drug-likeness (QED) is 0.229. The Balaban J connectivity index is 0.000000306. The van der Waals surface area contributed by atoms with Gasteiger partial charge in [0.1, 0.15) is 0 Å². The molecule has 1 heterocycles. The van der Waals surface area contributed by atoms with Gasteiger partial charge < -0.3 is 36.2 Å². The Labute approximate surface area is 209 Å². The molecule has 0 saturated carbocycles. The van der Waals surface area contributed by atoms with Gasteiger partial charge in [-0.25, -0.2) is 14.4 Å². The van der Waals surface area contributed by atoms with Crippen molar-refractivity contribution >= 4 is 47.1 Å². The third kappa shape index (κ3) is 9.90. The maximum absolute atomic E-state index is 11.7. The molecule has 1 saturated heterocycles. The first kappa shape index (κ1) is 29.8. The average Bonchev–Trinajstić information content (AvgIpc) is 3.22. The number of nitrogens with zero attached hydrogens (tertiary/aromatic N) is 1. The molecule has 1 amide bonds. The Kier molecular flexibility index (Phi) is 11.0. The number of rotatable bonds is 7. The summed E-state index contributed by atoms with van der Waals surface area (Å²) < 4.78 is 0. The van der Waals surface area contributed by atoms with Crippen LogP contribution in [0.25, 0.3) is 0 Å². The summed E-state index contributed by atoms with van der Waals surface area (Å²) >= 11 is 0. The van der Waals surface area contributed by atoms with Crippen molar-refractivity contribution in [1.82, 2.24) is 0 Å². The van der Waals surface area contributed by atoms with Crippen molar-refractivity contribution in [2.45, 2.75) is 12.8 Å². The van der Waals surface area contributed by atoms with E-state index < -0.39 is 42.2 Å². The number of carboxylic acid groups (broad SMARTS) is 5. The van der Waals surface area contributed by atoms with Crippen LogP contribution in [0.1, 0.15) is 33.6 Å². The number of amides is 1. The van der Waals surface area contributed by atoms with Crippen LogP contribution in [-0.2, 0) is 19.2 Å². The molecule has 196 valence electrons. The number of nitrogen functional groups attached to an aromatic ring is 1. The molecule has 37 heavy (non-hydrogen) atoms. The summed E-state index contributed by atoms with van der Waals surface area (Å²) in [7, 11) is 0. The van der Waals surface area contributed by atoms with Crippen LogP contribution in [0, 0.1) is 5.92 Å². The van der Waals surface area contributed by atoms with Crippen molar-refractivity contribution in [2.24, 2.45) is 5.92 Å². The van der Waals surface area contributed by atoms with E-state index in [0.29, 0.717) is 11.4 Å². The van der Waals surface area contributed by atoms with Crippen LogP contribution >= 0.6 is 0 Å². The zero-order valence-electron chi connectivity index (χ0n) is 19.2. The van der Waals surface area contributed by atoms with Gasteiger partial charge in [-0.3, -0.25) is 14.4 Å². The third-order valence-corrected chi connectivity index (χ3v) is 4.72. The second-order valence-corrected chi connectivity index (χ2v) is 7.50. The highest BCUT2D eigenvalue weighted by Gasteiger charge is 2.35. The molecule has 1 unspecified atom stereocenters. The van der Waals surface area contributed by atoms with Gasteiger partial charge in [-0.1, -0.05) is 6.58 Å². The molecule has 13 nitrogen and oxygen atoms in total. The average molecular weight is 516 g/mol. The summed E-state index contributed by atoms with van der Waals surface area (Å²) in [5, 5.41) is 42.1. The number of hydrogen-bond donors (Lipinski definition) is 6. The number of carbonyl (C=O) groups excluding carboxylic acids is 1. The highest BCUT2D eigenvalue weighted by Crippen LogP contribution is 2.25. The minimum Gasteiger partial charge on any atom is -0.481 e. The monoisotopic (exact) mass is 516 g/mol. The first-order chi connectivity index (χ1) is 17.2. The van der Waals surface area contributed by atoms with E-state index in [0.717, 1.165) is 0 Å². The van der Waals surface area contributed by atoms with Gasteiger partial charge in [-0.15, -0.1) is 0 Å². The summed E-state index contributed by atoms with van der Waals surface area (Å²) in [6.45, 7) is 3.14. The number of carboxylic acids is 5. The number of hydrogen-bond acceptors (Lipinski definition) is 7. The molecule has 7 N–H and O–H groups in total. The molecular formula is C24H24N2O11. The Morgan fingerprint density at radius 3 is 1.62 bits per heavy atom. The lowest BCUT2D eigenvalue weighted by atomic mass is 10.1. The van der Waals surface area contributed by atoms with Crippen molar-refractivity contribution in [3.63, 3.8) is 0 Å². The van der Waals surface area contributed by atoms with Gasteiger partial charge in [0.05, 0.1) is 23.5 Å². The highest BCUT2D eigenvalue weighted by atomic mass is 16.4. The van der Waals surface area contributed by atoms with E-state index in [-0.39, 0.29) is 35.6 Å². The highest BCUT2D eigenvalue weighted by molar-refractivity contribution is 5.99. The largest absolute Gasteiger partial charge is 0.481 e. The number of anilines is 2. The molecule has 0 bridgehead atoms. The third-order valence-electron chi connectivity index (χ3n) is 4.72. The number of benzene rings is 2. The minimum atomic E-state index is -1.27. The molecule has 1 aliphatic rings. The van der Waals surface area contributed by atoms with Gasteiger partial charge in [-0.05, 0) is 48.5 Å². The maximum Gasteiger partial charge on any atom is 0.335 e. The molecule has 0 radical (unpaired) electrons. The SMILES string of the molecule is C=C(CC(=O)O)C(=O)O.Nc1ccc(C(=O)O)cc1.O=C(O)c1ccc(N2CC(C(=O)O)CC2=O)cc1. The van der Waals surface area contributed by atoms with Crippen LogP contribution in [0.3, 0.4) is 0 Å². The predicted octanol–water partition coefficient (Wildman–Crippen LogP) is 1.89. The van der Waals surface area contributed by atoms with Gasteiger partial charge in [0, 0.05) is 29.9 Å². The number of nitrogens with two attached hydrogens (primary N) is 1. The molecule has 1 fully saturated rings.